The Labute approximate surface area is 214 Å². The van der Waals surface area contributed by atoms with Crippen LogP contribution in [-0.4, -0.2) is 44.4 Å². The van der Waals surface area contributed by atoms with E-state index in [2.05, 4.69) is 20.3 Å². The molecule has 0 radical (unpaired) electrons. The van der Waals surface area contributed by atoms with Gasteiger partial charge < -0.3 is 5.32 Å². The second-order valence-corrected chi connectivity index (χ2v) is 9.94. The summed E-state index contributed by atoms with van der Waals surface area (Å²) in [7, 11) is 0. The van der Waals surface area contributed by atoms with Crippen molar-refractivity contribution >= 4 is 40.4 Å². The van der Waals surface area contributed by atoms with E-state index in [0.717, 1.165) is 15.5 Å². The van der Waals surface area contributed by atoms with E-state index in [0.29, 0.717) is 0 Å². The second kappa shape index (κ2) is 10.5. The molecule has 1 N–H and O–H groups in total. The van der Waals surface area contributed by atoms with Crippen molar-refractivity contribution in [3.8, 4) is 10.6 Å². The number of nitrogens with zero attached hydrogens (tertiary/aromatic N) is 4. The van der Waals surface area contributed by atoms with Crippen LogP contribution in [0.25, 0.3) is 10.6 Å². The van der Waals surface area contributed by atoms with Crippen molar-refractivity contribution in [2.45, 2.75) is 55.7 Å². The number of carbonyl (C=O) groups excluding carboxylic acids is 2. The molecule has 36 heavy (non-hydrogen) atoms. The Hall–Kier alpha value is -3.05. The van der Waals surface area contributed by atoms with Crippen molar-refractivity contribution < 1.29 is 22.8 Å². The SMILES string of the molecule is C[C@@](C(=O)NC1CCC(F)(F)CC1)(c1cncnc1)N(C(=O)[C@H](F)Cl)c1ccc(-c2nccs2)cc1. The summed E-state index contributed by atoms with van der Waals surface area (Å²) in [6.45, 7) is 1.42. The lowest BCUT2D eigenvalue weighted by Gasteiger charge is -2.41. The first-order chi connectivity index (χ1) is 17.1. The molecule has 3 aromatic rings. The van der Waals surface area contributed by atoms with Crippen LogP contribution in [0.15, 0.2) is 54.6 Å². The molecule has 2 aromatic heterocycles. The van der Waals surface area contributed by atoms with Gasteiger partial charge >= 0.3 is 0 Å². The van der Waals surface area contributed by atoms with Gasteiger partial charge in [0.1, 0.15) is 11.3 Å². The fourth-order valence-electron chi connectivity index (χ4n) is 4.25. The lowest BCUT2D eigenvalue weighted by atomic mass is 9.87. The molecule has 0 bridgehead atoms. The van der Waals surface area contributed by atoms with Gasteiger partial charge in [-0.3, -0.25) is 14.5 Å². The van der Waals surface area contributed by atoms with Crippen molar-refractivity contribution in [3.63, 3.8) is 0 Å². The predicted octanol–water partition coefficient (Wildman–Crippen LogP) is 5.08. The van der Waals surface area contributed by atoms with Crippen LogP contribution in [0.2, 0.25) is 0 Å². The summed E-state index contributed by atoms with van der Waals surface area (Å²) in [6, 6.07) is 5.97. The first kappa shape index (κ1) is 26.0. The van der Waals surface area contributed by atoms with Gasteiger partial charge in [-0.05, 0) is 44.0 Å². The number of nitrogens with one attached hydrogen (secondary N) is 1. The Kier molecular flexibility index (Phi) is 7.60. The number of hydrogen-bond acceptors (Lipinski definition) is 6. The summed E-state index contributed by atoms with van der Waals surface area (Å²) in [4.78, 5) is 40.1. The number of halogens is 4. The molecule has 190 valence electrons. The van der Waals surface area contributed by atoms with Crippen LogP contribution in [-0.2, 0) is 15.1 Å². The zero-order valence-electron chi connectivity index (χ0n) is 19.2. The topological polar surface area (TPSA) is 88.1 Å². The Morgan fingerprint density at radius 1 is 1.19 bits per heavy atom. The summed E-state index contributed by atoms with van der Waals surface area (Å²) in [5.74, 6) is -4.64. The maximum absolute atomic E-state index is 14.3. The molecule has 0 spiro atoms. The maximum Gasteiger partial charge on any atom is 0.278 e. The maximum atomic E-state index is 14.3. The molecule has 0 unspecified atom stereocenters. The van der Waals surface area contributed by atoms with Gasteiger partial charge in [-0.2, -0.15) is 0 Å². The zero-order chi connectivity index (χ0) is 25.9. The first-order valence-electron chi connectivity index (χ1n) is 11.2. The van der Waals surface area contributed by atoms with Crippen LogP contribution in [0.3, 0.4) is 0 Å². The number of aromatic nitrogens is 3. The number of anilines is 1. The van der Waals surface area contributed by atoms with Crippen LogP contribution in [0, 0.1) is 0 Å². The Bertz CT molecular complexity index is 1190. The van der Waals surface area contributed by atoms with Crippen LogP contribution in [0.5, 0.6) is 0 Å². The number of hydrogen-bond donors (Lipinski definition) is 1. The Morgan fingerprint density at radius 2 is 1.83 bits per heavy atom. The van der Waals surface area contributed by atoms with E-state index in [-0.39, 0.29) is 36.9 Å². The fraction of sp³-hybridized carbons (Fsp3) is 0.375. The third-order valence-electron chi connectivity index (χ3n) is 6.28. The van der Waals surface area contributed by atoms with Crippen LogP contribution >= 0.6 is 22.9 Å². The normalized spacial score (nSPS) is 18.1. The first-order valence-corrected chi connectivity index (χ1v) is 12.5. The molecule has 1 aromatic carbocycles. The number of carbonyl (C=O) groups is 2. The molecule has 0 aliphatic heterocycles. The molecule has 2 atom stereocenters. The van der Waals surface area contributed by atoms with E-state index >= 15 is 0 Å². The predicted molar refractivity (Wildman–Crippen MR) is 131 cm³/mol. The summed E-state index contributed by atoms with van der Waals surface area (Å²) in [6.07, 6.45) is 5.00. The number of benzene rings is 1. The smallest absolute Gasteiger partial charge is 0.278 e. The minimum absolute atomic E-state index is 0.0673. The van der Waals surface area contributed by atoms with Crippen LogP contribution in [0.4, 0.5) is 18.9 Å². The average Bonchev–Trinajstić information content (AvgIpc) is 3.41. The van der Waals surface area contributed by atoms with E-state index in [9.17, 15) is 22.8 Å². The summed E-state index contributed by atoms with van der Waals surface area (Å²) in [5.41, 5.74) is -3.14. The van der Waals surface area contributed by atoms with Gasteiger partial charge in [0.05, 0.1) is 0 Å². The van der Waals surface area contributed by atoms with E-state index in [1.165, 1.54) is 37.0 Å². The third-order valence-corrected chi connectivity index (χ3v) is 7.29. The monoisotopic (exact) mass is 537 g/mol. The van der Waals surface area contributed by atoms with E-state index in [1.807, 2.05) is 5.38 Å². The Balaban J connectivity index is 1.75. The van der Waals surface area contributed by atoms with Crippen molar-refractivity contribution in [2.24, 2.45) is 0 Å². The molecule has 2 heterocycles. The molecule has 1 aliphatic rings. The molecule has 1 saturated carbocycles. The van der Waals surface area contributed by atoms with Gasteiger partial charge in [0.25, 0.3) is 17.4 Å². The van der Waals surface area contributed by atoms with Crippen LogP contribution in [0.1, 0.15) is 38.2 Å². The second-order valence-electron chi connectivity index (χ2n) is 8.66. The standard InChI is InChI=1S/C24H23ClF3N5O2S/c1-23(16-12-29-14-30-13-16,22(35)32-17-6-8-24(27,28)9-7-17)33(21(34)19(25)26)18-4-2-15(3-5-18)20-31-10-11-36-20/h2-5,10-14,17,19H,6-9H2,1H3,(H,32,35)/t19-,23-/m0/s1. The summed E-state index contributed by atoms with van der Waals surface area (Å²) >= 11 is 7.02. The third kappa shape index (κ3) is 5.36. The molecule has 2 amide bonds. The number of amides is 2. The number of alkyl halides is 4. The quantitative estimate of drug-likeness (QED) is 0.425. The molecular weight excluding hydrogens is 515 g/mol. The van der Waals surface area contributed by atoms with Gasteiger partial charge in [0.2, 0.25) is 5.92 Å². The highest BCUT2D eigenvalue weighted by Gasteiger charge is 2.48. The van der Waals surface area contributed by atoms with Gasteiger partial charge in [0.15, 0.2) is 5.54 Å². The summed E-state index contributed by atoms with van der Waals surface area (Å²) in [5, 5.41) is 5.34. The van der Waals surface area contributed by atoms with Gasteiger partial charge in [-0.1, -0.05) is 11.6 Å². The molecule has 7 nitrogen and oxygen atoms in total. The lowest BCUT2D eigenvalue weighted by molar-refractivity contribution is -0.132. The van der Waals surface area contributed by atoms with Crippen molar-refractivity contribution in [1.82, 2.24) is 20.3 Å². The van der Waals surface area contributed by atoms with Gasteiger partial charge in [-0.25, -0.2) is 28.1 Å². The van der Waals surface area contributed by atoms with Crippen LogP contribution < -0.4 is 10.2 Å². The molecule has 12 heteroatoms. The highest BCUT2D eigenvalue weighted by Crippen LogP contribution is 2.37. The highest BCUT2D eigenvalue weighted by atomic mass is 35.5. The summed E-state index contributed by atoms with van der Waals surface area (Å²) < 4.78 is 41.6. The van der Waals surface area contributed by atoms with Gasteiger partial charge in [-0.15, -0.1) is 11.3 Å². The lowest BCUT2D eigenvalue weighted by Crippen LogP contribution is -2.60. The Morgan fingerprint density at radius 3 is 2.39 bits per heavy atom. The van der Waals surface area contributed by atoms with E-state index < -0.39 is 34.9 Å². The minimum atomic E-state index is -2.78. The highest BCUT2D eigenvalue weighted by molar-refractivity contribution is 7.13. The average molecular weight is 538 g/mol. The fourth-order valence-corrected chi connectivity index (χ4v) is 4.99. The van der Waals surface area contributed by atoms with E-state index in [4.69, 9.17) is 11.6 Å². The molecular formula is C24H23ClF3N5O2S. The van der Waals surface area contributed by atoms with Crippen molar-refractivity contribution in [2.75, 3.05) is 4.90 Å². The molecule has 1 fully saturated rings. The number of thiazole rings is 1. The van der Waals surface area contributed by atoms with Crippen molar-refractivity contribution in [3.05, 3.63) is 60.1 Å². The largest absolute Gasteiger partial charge is 0.351 e. The molecule has 4 rings (SSSR count). The minimum Gasteiger partial charge on any atom is -0.351 e. The van der Waals surface area contributed by atoms with Gasteiger partial charge in [0, 0.05) is 59.7 Å². The number of rotatable bonds is 7. The zero-order valence-corrected chi connectivity index (χ0v) is 20.8. The van der Waals surface area contributed by atoms with E-state index in [1.54, 1.807) is 30.5 Å². The molecule has 0 saturated heterocycles. The van der Waals surface area contributed by atoms with Crippen molar-refractivity contribution in [1.29, 1.82) is 0 Å². The molecule has 1 aliphatic carbocycles.